The van der Waals surface area contributed by atoms with E-state index >= 15 is 0 Å². The van der Waals surface area contributed by atoms with Crippen molar-refractivity contribution in [3.8, 4) is 5.75 Å². The molecule has 0 bridgehead atoms. The number of amides is 2. The molecule has 0 aliphatic heterocycles. The van der Waals surface area contributed by atoms with E-state index in [1.165, 1.54) is 0 Å². The normalized spacial score (nSPS) is 10.6. The lowest BCUT2D eigenvalue weighted by atomic mass is 10.2. The van der Waals surface area contributed by atoms with E-state index in [0.717, 1.165) is 24.3 Å². The third-order valence-corrected chi connectivity index (χ3v) is 5.15. The summed E-state index contributed by atoms with van der Waals surface area (Å²) in [7, 11) is 1.62. The quantitative estimate of drug-likeness (QED) is 0.523. The molecule has 0 aliphatic carbocycles. The second-order valence-electron chi connectivity index (χ2n) is 6.45. The molecule has 1 aromatic heterocycles. The first-order chi connectivity index (χ1) is 14.1. The molecule has 3 aromatic rings. The third-order valence-electron chi connectivity index (χ3n) is 4.42. The number of para-hydroxylation sites is 1. The van der Waals surface area contributed by atoms with Crippen molar-refractivity contribution in [3.63, 3.8) is 0 Å². The Balaban J connectivity index is 1.72. The van der Waals surface area contributed by atoms with Crippen LogP contribution in [-0.4, -0.2) is 34.1 Å². The zero-order valence-electron chi connectivity index (χ0n) is 16.0. The number of nitrogens with one attached hydrogen (secondary N) is 1. The largest absolute Gasteiger partial charge is 0.496 e. The lowest BCUT2D eigenvalue weighted by Crippen LogP contribution is -2.35. The second-order valence-corrected chi connectivity index (χ2v) is 7.26. The van der Waals surface area contributed by atoms with Crippen LogP contribution < -0.4 is 10.1 Å². The van der Waals surface area contributed by atoms with Gasteiger partial charge in [-0.15, -0.1) is 0 Å². The van der Waals surface area contributed by atoms with Crippen LogP contribution in [0.25, 0.3) is 0 Å². The SMILES string of the molecule is COc1ccccc1CN(CCCn1ccnc1)C(=O)Nc1ccc(Cl)c(Cl)c1. The molecule has 2 amide bonds. The summed E-state index contributed by atoms with van der Waals surface area (Å²) in [5.74, 6) is 0.745. The first kappa shape index (κ1) is 21.0. The monoisotopic (exact) mass is 432 g/mol. The van der Waals surface area contributed by atoms with Crippen LogP contribution in [-0.2, 0) is 13.1 Å². The molecule has 0 atom stereocenters. The average molecular weight is 433 g/mol. The molecule has 0 fully saturated rings. The summed E-state index contributed by atoms with van der Waals surface area (Å²) in [6.07, 6.45) is 6.19. The van der Waals surface area contributed by atoms with Gasteiger partial charge in [0.05, 0.1) is 30.0 Å². The van der Waals surface area contributed by atoms with E-state index in [-0.39, 0.29) is 6.03 Å². The van der Waals surface area contributed by atoms with E-state index in [0.29, 0.717) is 28.8 Å². The van der Waals surface area contributed by atoms with Gasteiger partial charge in [0.1, 0.15) is 5.75 Å². The Morgan fingerprint density at radius 3 is 2.76 bits per heavy atom. The molecule has 0 saturated heterocycles. The maximum absolute atomic E-state index is 13.0. The number of rotatable bonds is 8. The van der Waals surface area contributed by atoms with Gasteiger partial charge in [-0.3, -0.25) is 0 Å². The minimum Gasteiger partial charge on any atom is -0.496 e. The number of hydrogen-bond donors (Lipinski definition) is 1. The van der Waals surface area contributed by atoms with Crippen molar-refractivity contribution in [2.45, 2.75) is 19.5 Å². The molecule has 0 saturated carbocycles. The number of methoxy groups -OCH3 is 1. The van der Waals surface area contributed by atoms with Gasteiger partial charge in [-0.05, 0) is 30.7 Å². The molecule has 0 spiro atoms. The van der Waals surface area contributed by atoms with Gasteiger partial charge in [-0.1, -0.05) is 41.4 Å². The van der Waals surface area contributed by atoms with E-state index in [2.05, 4.69) is 10.3 Å². The van der Waals surface area contributed by atoms with Crippen molar-refractivity contribution in [2.24, 2.45) is 0 Å². The Bertz CT molecular complexity index is 948. The number of halogens is 2. The Morgan fingerprint density at radius 2 is 2.03 bits per heavy atom. The fraction of sp³-hybridized carbons (Fsp3) is 0.238. The topological polar surface area (TPSA) is 59.4 Å². The molecule has 6 nitrogen and oxygen atoms in total. The molecular formula is C21H22Cl2N4O2. The predicted octanol–water partition coefficient (Wildman–Crippen LogP) is 5.32. The highest BCUT2D eigenvalue weighted by molar-refractivity contribution is 6.42. The number of nitrogens with zero attached hydrogens (tertiary/aromatic N) is 3. The number of benzene rings is 2. The van der Waals surface area contributed by atoms with Crippen LogP contribution in [0.2, 0.25) is 10.0 Å². The molecule has 152 valence electrons. The standard InChI is InChI=1S/C21H22Cl2N4O2/c1-29-20-6-3-2-5-16(20)14-27(11-4-10-26-12-9-24-15-26)21(28)25-17-7-8-18(22)19(23)13-17/h2-3,5-9,12-13,15H,4,10-11,14H2,1H3,(H,25,28). The maximum Gasteiger partial charge on any atom is 0.322 e. The lowest BCUT2D eigenvalue weighted by Gasteiger charge is -2.24. The predicted molar refractivity (Wildman–Crippen MR) is 116 cm³/mol. The van der Waals surface area contributed by atoms with E-state index in [1.54, 1.807) is 42.7 Å². The van der Waals surface area contributed by atoms with Crippen LogP contribution in [0.5, 0.6) is 5.75 Å². The Hall–Kier alpha value is -2.70. The van der Waals surface area contributed by atoms with Gasteiger partial charge < -0.3 is 19.5 Å². The van der Waals surface area contributed by atoms with Gasteiger partial charge in [0.15, 0.2) is 0 Å². The highest BCUT2D eigenvalue weighted by atomic mass is 35.5. The summed E-state index contributed by atoms with van der Waals surface area (Å²) >= 11 is 12.0. The summed E-state index contributed by atoms with van der Waals surface area (Å²) in [6, 6.07) is 12.5. The van der Waals surface area contributed by atoms with Gasteiger partial charge in [-0.25, -0.2) is 9.78 Å². The van der Waals surface area contributed by atoms with Gasteiger partial charge in [0.2, 0.25) is 0 Å². The molecule has 3 rings (SSSR count). The number of anilines is 1. The first-order valence-electron chi connectivity index (χ1n) is 9.15. The van der Waals surface area contributed by atoms with Crippen molar-refractivity contribution in [1.29, 1.82) is 0 Å². The van der Waals surface area contributed by atoms with E-state index < -0.39 is 0 Å². The summed E-state index contributed by atoms with van der Waals surface area (Å²) in [6.45, 7) is 1.74. The van der Waals surface area contributed by atoms with E-state index in [4.69, 9.17) is 27.9 Å². The van der Waals surface area contributed by atoms with E-state index in [1.807, 2.05) is 35.0 Å². The lowest BCUT2D eigenvalue weighted by molar-refractivity contribution is 0.206. The number of aromatic nitrogens is 2. The smallest absolute Gasteiger partial charge is 0.322 e. The molecular weight excluding hydrogens is 411 g/mol. The zero-order chi connectivity index (χ0) is 20.6. The number of imidazole rings is 1. The van der Waals surface area contributed by atoms with Crippen molar-refractivity contribution in [1.82, 2.24) is 14.5 Å². The van der Waals surface area contributed by atoms with Crippen molar-refractivity contribution in [2.75, 3.05) is 19.0 Å². The number of carbonyl (C=O) groups excluding carboxylic acids is 1. The average Bonchev–Trinajstić information content (AvgIpc) is 3.24. The van der Waals surface area contributed by atoms with Crippen LogP contribution >= 0.6 is 23.2 Å². The van der Waals surface area contributed by atoms with Gasteiger partial charge in [0, 0.05) is 36.7 Å². The second kappa shape index (κ2) is 10.2. The molecule has 2 aromatic carbocycles. The highest BCUT2D eigenvalue weighted by Crippen LogP contribution is 2.25. The summed E-state index contributed by atoms with van der Waals surface area (Å²) in [5.41, 5.74) is 1.52. The first-order valence-corrected chi connectivity index (χ1v) is 9.91. The minimum absolute atomic E-state index is 0.222. The number of ether oxygens (including phenoxy) is 1. The zero-order valence-corrected chi connectivity index (χ0v) is 17.5. The van der Waals surface area contributed by atoms with Crippen molar-refractivity contribution >= 4 is 34.9 Å². The Labute approximate surface area is 180 Å². The van der Waals surface area contributed by atoms with Crippen LogP contribution in [0.3, 0.4) is 0 Å². The van der Waals surface area contributed by atoms with Gasteiger partial charge in [0.25, 0.3) is 0 Å². The highest BCUT2D eigenvalue weighted by Gasteiger charge is 2.16. The molecule has 1 N–H and O–H groups in total. The van der Waals surface area contributed by atoms with Gasteiger partial charge in [-0.2, -0.15) is 0 Å². The fourth-order valence-electron chi connectivity index (χ4n) is 2.93. The molecule has 1 heterocycles. The van der Waals surface area contributed by atoms with Crippen LogP contribution in [0, 0.1) is 0 Å². The van der Waals surface area contributed by atoms with Crippen LogP contribution in [0.1, 0.15) is 12.0 Å². The summed E-state index contributed by atoms with van der Waals surface area (Å²) in [5, 5.41) is 3.73. The molecule has 8 heteroatoms. The third kappa shape index (κ3) is 5.89. The van der Waals surface area contributed by atoms with E-state index in [9.17, 15) is 4.79 Å². The molecule has 29 heavy (non-hydrogen) atoms. The molecule has 0 unspecified atom stereocenters. The van der Waals surface area contributed by atoms with Crippen molar-refractivity contribution in [3.05, 3.63) is 76.8 Å². The van der Waals surface area contributed by atoms with Crippen LogP contribution in [0.15, 0.2) is 61.2 Å². The molecule has 0 radical (unpaired) electrons. The maximum atomic E-state index is 13.0. The number of hydrogen-bond acceptors (Lipinski definition) is 3. The van der Waals surface area contributed by atoms with Crippen molar-refractivity contribution < 1.29 is 9.53 Å². The van der Waals surface area contributed by atoms with Gasteiger partial charge >= 0.3 is 6.03 Å². The summed E-state index contributed by atoms with van der Waals surface area (Å²) < 4.78 is 7.42. The number of aryl methyl sites for hydroxylation is 1. The Morgan fingerprint density at radius 1 is 1.21 bits per heavy atom. The summed E-state index contributed by atoms with van der Waals surface area (Å²) in [4.78, 5) is 18.8. The molecule has 0 aliphatic rings. The Kier molecular flexibility index (Phi) is 7.38. The number of urea groups is 1. The number of carbonyl (C=O) groups is 1. The van der Waals surface area contributed by atoms with Crippen LogP contribution in [0.4, 0.5) is 10.5 Å². The minimum atomic E-state index is -0.222. The fourth-order valence-corrected chi connectivity index (χ4v) is 3.23.